The van der Waals surface area contributed by atoms with Crippen molar-refractivity contribution in [1.29, 1.82) is 0 Å². The van der Waals surface area contributed by atoms with Crippen molar-refractivity contribution in [3.05, 3.63) is 65.2 Å². The molecule has 1 atom stereocenters. The van der Waals surface area contributed by atoms with Crippen LogP contribution in [0.1, 0.15) is 85.8 Å². The van der Waals surface area contributed by atoms with Crippen molar-refractivity contribution in [2.24, 2.45) is 11.1 Å². The van der Waals surface area contributed by atoms with Gasteiger partial charge in [0.2, 0.25) is 0 Å². The maximum atomic E-state index is 11.9. The highest BCUT2D eigenvalue weighted by atomic mass is 16.1. The number of carbonyl (C=O) groups excluding carboxylic acids is 1. The molecule has 2 heterocycles. The number of hydrogen-bond donors (Lipinski definition) is 1. The van der Waals surface area contributed by atoms with Gasteiger partial charge in [-0.2, -0.15) is 0 Å². The van der Waals surface area contributed by atoms with Crippen LogP contribution < -0.4 is 10.6 Å². The van der Waals surface area contributed by atoms with Gasteiger partial charge in [-0.1, -0.05) is 50.2 Å². The number of amides is 1. The molecule has 0 radical (unpaired) electrons. The molecule has 3 aliphatic rings. The molecule has 1 aliphatic carbocycles. The monoisotopic (exact) mass is 431 g/mol. The molecule has 2 aromatic carbocycles. The summed E-state index contributed by atoms with van der Waals surface area (Å²) >= 11 is 0. The van der Waals surface area contributed by atoms with Gasteiger partial charge in [0, 0.05) is 30.9 Å². The quantitative estimate of drug-likeness (QED) is 0.680. The first-order valence-corrected chi connectivity index (χ1v) is 12.5. The summed E-state index contributed by atoms with van der Waals surface area (Å²) in [5.74, 6) is 0.250. The summed E-state index contributed by atoms with van der Waals surface area (Å²) in [7, 11) is 0. The summed E-state index contributed by atoms with van der Waals surface area (Å²) < 4.78 is 0. The number of rotatable bonds is 5. The van der Waals surface area contributed by atoms with Crippen LogP contribution in [-0.2, 0) is 0 Å². The molecule has 2 aromatic rings. The number of benzene rings is 2. The van der Waals surface area contributed by atoms with Crippen LogP contribution in [0.4, 0.5) is 5.69 Å². The molecular weight excluding hydrogens is 394 g/mol. The fourth-order valence-electron chi connectivity index (χ4n) is 6.66. The molecule has 32 heavy (non-hydrogen) atoms. The van der Waals surface area contributed by atoms with E-state index in [1.807, 2.05) is 24.3 Å². The van der Waals surface area contributed by atoms with Crippen LogP contribution in [0.15, 0.2) is 48.5 Å². The van der Waals surface area contributed by atoms with Gasteiger partial charge in [-0.05, 0) is 79.7 Å². The topological polar surface area (TPSA) is 49.6 Å². The van der Waals surface area contributed by atoms with Gasteiger partial charge in [0.15, 0.2) is 0 Å². The lowest BCUT2D eigenvalue weighted by Crippen LogP contribution is -2.55. The van der Waals surface area contributed by atoms with E-state index in [9.17, 15) is 4.79 Å². The molecule has 4 heteroatoms. The molecular formula is C28H37N3O. The maximum Gasteiger partial charge on any atom is 0.250 e. The number of primary amides is 1. The average Bonchev–Trinajstić information content (AvgIpc) is 3.27. The van der Waals surface area contributed by atoms with E-state index in [2.05, 4.69) is 47.9 Å². The van der Waals surface area contributed by atoms with E-state index in [0.717, 1.165) is 24.8 Å². The van der Waals surface area contributed by atoms with E-state index in [0.29, 0.717) is 22.9 Å². The first kappa shape index (κ1) is 21.5. The van der Waals surface area contributed by atoms with Gasteiger partial charge in [-0.25, -0.2) is 0 Å². The fraction of sp³-hybridized carbons (Fsp3) is 0.536. The van der Waals surface area contributed by atoms with Gasteiger partial charge < -0.3 is 10.6 Å². The summed E-state index contributed by atoms with van der Waals surface area (Å²) in [6.07, 6.45) is 7.72. The van der Waals surface area contributed by atoms with Crippen LogP contribution in [0.5, 0.6) is 0 Å². The Bertz CT molecular complexity index is 968. The number of carbonyl (C=O) groups is 1. The molecule has 4 nitrogen and oxygen atoms in total. The zero-order chi connectivity index (χ0) is 22.3. The number of nitrogens with two attached hydrogens (primary N) is 1. The van der Waals surface area contributed by atoms with Crippen LogP contribution in [0.2, 0.25) is 0 Å². The third-order valence-corrected chi connectivity index (χ3v) is 8.41. The van der Waals surface area contributed by atoms with Crippen molar-refractivity contribution in [1.82, 2.24) is 4.90 Å². The van der Waals surface area contributed by atoms with Gasteiger partial charge in [-0.3, -0.25) is 9.69 Å². The van der Waals surface area contributed by atoms with Crippen LogP contribution >= 0.6 is 0 Å². The Labute approximate surface area is 192 Å². The largest absolute Gasteiger partial charge is 0.371 e. The molecule has 1 spiro atoms. The molecule has 5 rings (SSSR count). The van der Waals surface area contributed by atoms with Crippen molar-refractivity contribution in [3.63, 3.8) is 0 Å². The Kier molecular flexibility index (Phi) is 5.75. The third-order valence-electron chi connectivity index (χ3n) is 8.41. The highest BCUT2D eigenvalue weighted by molar-refractivity contribution is 5.98. The van der Waals surface area contributed by atoms with Gasteiger partial charge in [-0.15, -0.1) is 0 Å². The Morgan fingerprint density at radius 1 is 1.00 bits per heavy atom. The number of hydrogen-bond acceptors (Lipinski definition) is 3. The standard InChI is InChI=1S/C28H37N3O/c1-20(2)22-8-3-4-9-23(22)26-12-7-15-31(26)21-18-28(19-21)13-16-30(17-14-28)25-11-6-5-10-24(25)27(29)32/h3-6,8-11,20-21,26H,7,12-19H2,1-2H3,(H2,29,32). The number of anilines is 1. The second kappa shape index (κ2) is 8.55. The van der Waals surface area contributed by atoms with Crippen LogP contribution in [0.25, 0.3) is 0 Å². The highest BCUT2D eigenvalue weighted by Gasteiger charge is 2.50. The number of para-hydroxylation sites is 1. The molecule has 170 valence electrons. The van der Waals surface area contributed by atoms with Crippen LogP contribution in [0, 0.1) is 5.41 Å². The highest BCUT2D eigenvalue weighted by Crippen LogP contribution is 2.54. The minimum absolute atomic E-state index is 0.327. The molecule has 3 fully saturated rings. The average molecular weight is 432 g/mol. The first-order chi connectivity index (χ1) is 15.5. The normalized spacial score (nSPS) is 23.6. The fourth-order valence-corrected chi connectivity index (χ4v) is 6.66. The summed E-state index contributed by atoms with van der Waals surface area (Å²) in [6.45, 7) is 7.93. The molecule has 0 aromatic heterocycles. The molecule has 2 aliphatic heterocycles. The zero-order valence-electron chi connectivity index (χ0n) is 19.6. The molecule has 1 saturated carbocycles. The van der Waals surface area contributed by atoms with E-state index < -0.39 is 0 Å². The molecule has 2 N–H and O–H groups in total. The minimum atomic E-state index is -0.327. The Morgan fingerprint density at radius 2 is 1.69 bits per heavy atom. The first-order valence-electron chi connectivity index (χ1n) is 12.5. The Hall–Kier alpha value is -2.33. The van der Waals surface area contributed by atoms with Crippen molar-refractivity contribution in [2.45, 2.75) is 70.4 Å². The number of nitrogens with zero attached hydrogens (tertiary/aromatic N) is 2. The van der Waals surface area contributed by atoms with Gasteiger partial charge in [0.1, 0.15) is 0 Å². The van der Waals surface area contributed by atoms with Gasteiger partial charge in [0.25, 0.3) is 5.91 Å². The van der Waals surface area contributed by atoms with E-state index in [1.54, 1.807) is 5.56 Å². The van der Waals surface area contributed by atoms with Crippen molar-refractivity contribution >= 4 is 11.6 Å². The van der Waals surface area contributed by atoms with Crippen molar-refractivity contribution < 1.29 is 4.79 Å². The predicted molar refractivity (Wildman–Crippen MR) is 131 cm³/mol. The van der Waals surface area contributed by atoms with Crippen LogP contribution in [0.3, 0.4) is 0 Å². The number of likely N-dealkylation sites (tertiary alicyclic amines) is 1. The minimum Gasteiger partial charge on any atom is -0.371 e. The second-order valence-electron chi connectivity index (χ2n) is 10.6. The zero-order valence-corrected chi connectivity index (χ0v) is 19.6. The number of piperidine rings is 1. The predicted octanol–water partition coefficient (Wildman–Crippen LogP) is 5.50. The van der Waals surface area contributed by atoms with E-state index >= 15 is 0 Å². The summed E-state index contributed by atoms with van der Waals surface area (Å²) in [4.78, 5) is 17.1. The van der Waals surface area contributed by atoms with Gasteiger partial charge in [0.05, 0.1) is 5.56 Å². The van der Waals surface area contributed by atoms with E-state index in [-0.39, 0.29) is 5.91 Å². The lowest BCUT2D eigenvalue weighted by molar-refractivity contribution is -0.0227. The van der Waals surface area contributed by atoms with Crippen molar-refractivity contribution in [2.75, 3.05) is 24.5 Å². The summed E-state index contributed by atoms with van der Waals surface area (Å²) in [5, 5.41) is 0. The SMILES string of the molecule is CC(C)c1ccccc1C1CCCN1C1CC2(CCN(c3ccccc3C(N)=O)CC2)C1. The molecule has 2 saturated heterocycles. The maximum absolute atomic E-state index is 11.9. The summed E-state index contributed by atoms with van der Waals surface area (Å²) in [6, 6.07) is 18.3. The summed E-state index contributed by atoms with van der Waals surface area (Å²) in [5.41, 5.74) is 10.9. The third kappa shape index (κ3) is 3.83. The molecule has 1 unspecified atom stereocenters. The van der Waals surface area contributed by atoms with Gasteiger partial charge >= 0.3 is 0 Å². The second-order valence-corrected chi connectivity index (χ2v) is 10.6. The lowest BCUT2D eigenvalue weighted by Gasteiger charge is -2.56. The smallest absolute Gasteiger partial charge is 0.250 e. The lowest BCUT2D eigenvalue weighted by atomic mass is 9.59. The molecule has 0 bridgehead atoms. The van der Waals surface area contributed by atoms with E-state index in [4.69, 9.17) is 5.73 Å². The Morgan fingerprint density at radius 3 is 2.41 bits per heavy atom. The Balaban J connectivity index is 1.24. The molecule has 1 amide bonds. The van der Waals surface area contributed by atoms with E-state index in [1.165, 1.54) is 50.6 Å². The van der Waals surface area contributed by atoms with Crippen molar-refractivity contribution in [3.8, 4) is 0 Å². The van der Waals surface area contributed by atoms with Crippen LogP contribution in [-0.4, -0.2) is 36.5 Å².